The molecule has 2 aliphatic heterocycles. The Kier molecular flexibility index (Phi) is 1.58. The van der Waals surface area contributed by atoms with E-state index in [0.717, 1.165) is 19.6 Å². The van der Waals surface area contributed by atoms with Crippen molar-refractivity contribution in [2.45, 2.75) is 6.04 Å². The lowest BCUT2D eigenvalue weighted by Gasteiger charge is -2.11. The molecule has 3 atom stereocenters. The van der Waals surface area contributed by atoms with Crippen LogP contribution in [0.3, 0.4) is 0 Å². The van der Waals surface area contributed by atoms with Gasteiger partial charge in [-0.1, -0.05) is 0 Å². The monoisotopic (exact) mass is 156 g/mol. The number of nitrogens with one attached hydrogen (secondary N) is 2. The highest BCUT2D eigenvalue weighted by Gasteiger charge is 2.42. The number of aliphatic carboxylic acids is 1. The van der Waals surface area contributed by atoms with E-state index in [1.165, 1.54) is 0 Å². The fraction of sp³-hybridized carbons (Fsp3) is 0.857. The van der Waals surface area contributed by atoms with Gasteiger partial charge in [0.05, 0.1) is 0 Å². The molecule has 4 heteroatoms. The maximum absolute atomic E-state index is 10.7. The number of hydrogen-bond acceptors (Lipinski definition) is 3. The molecule has 2 fully saturated rings. The second-order valence-corrected chi connectivity index (χ2v) is 3.31. The predicted octanol–water partition coefficient (Wildman–Crippen LogP) is -1.12. The number of carboxylic acids is 1. The van der Waals surface area contributed by atoms with Gasteiger partial charge in [-0.3, -0.25) is 4.79 Å². The molecular formula is C7H12N2O2. The second-order valence-electron chi connectivity index (χ2n) is 3.31. The van der Waals surface area contributed by atoms with Crippen molar-refractivity contribution >= 4 is 5.97 Å². The molecule has 3 unspecified atom stereocenters. The van der Waals surface area contributed by atoms with Gasteiger partial charge < -0.3 is 15.7 Å². The Morgan fingerprint density at radius 1 is 1.36 bits per heavy atom. The number of fused-ring (bicyclic) bond motifs is 1. The molecular weight excluding hydrogens is 144 g/mol. The standard InChI is InChI=1S/C7H12N2O2/c10-7(11)6-5-3-8-1-4(5)2-9-6/h4-6,8-9H,1-3H2,(H,10,11). The number of hydrogen-bond donors (Lipinski definition) is 3. The van der Waals surface area contributed by atoms with Crippen LogP contribution in [0.1, 0.15) is 0 Å². The third-order valence-electron chi connectivity index (χ3n) is 2.69. The average Bonchev–Trinajstić information content (AvgIpc) is 2.41. The Labute approximate surface area is 65.0 Å². The van der Waals surface area contributed by atoms with Crippen molar-refractivity contribution in [2.24, 2.45) is 11.8 Å². The summed E-state index contributed by atoms with van der Waals surface area (Å²) in [7, 11) is 0. The van der Waals surface area contributed by atoms with E-state index in [9.17, 15) is 4.79 Å². The second kappa shape index (κ2) is 2.46. The van der Waals surface area contributed by atoms with Gasteiger partial charge >= 0.3 is 5.97 Å². The summed E-state index contributed by atoms with van der Waals surface area (Å²) in [6, 6.07) is -0.310. The van der Waals surface area contributed by atoms with E-state index in [2.05, 4.69) is 10.6 Å². The summed E-state index contributed by atoms with van der Waals surface area (Å²) in [4.78, 5) is 10.7. The van der Waals surface area contributed by atoms with Crippen molar-refractivity contribution in [1.82, 2.24) is 10.6 Å². The summed E-state index contributed by atoms with van der Waals surface area (Å²) in [5, 5.41) is 15.0. The third kappa shape index (κ3) is 1.02. The van der Waals surface area contributed by atoms with Crippen LogP contribution in [-0.4, -0.2) is 36.8 Å². The van der Waals surface area contributed by atoms with Gasteiger partial charge in [-0.15, -0.1) is 0 Å². The van der Waals surface area contributed by atoms with Crippen LogP contribution in [0.15, 0.2) is 0 Å². The van der Waals surface area contributed by atoms with Crippen LogP contribution >= 0.6 is 0 Å². The van der Waals surface area contributed by atoms with E-state index in [-0.39, 0.29) is 6.04 Å². The van der Waals surface area contributed by atoms with Crippen molar-refractivity contribution < 1.29 is 9.90 Å². The van der Waals surface area contributed by atoms with Crippen molar-refractivity contribution in [3.05, 3.63) is 0 Å². The van der Waals surface area contributed by atoms with E-state index in [1.807, 2.05) is 0 Å². The van der Waals surface area contributed by atoms with Gasteiger partial charge in [-0.25, -0.2) is 0 Å². The predicted molar refractivity (Wildman–Crippen MR) is 39.3 cm³/mol. The van der Waals surface area contributed by atoms with Gasteiger partial charge in [0.1, 0.15) is 6.04 Å². The highest BCUT2D eigenvalue weighted by atomic mass is 16.4. The van der Waals surface area contributed by atoms with Gasteiger partial charge in [-0.2, -0.15) is 0 Å². The van der Waals surface area contributed by atoms with Crippen LogP contribution in [0.25, 0.3) is 0 Å². The highest BCUT2D eigenvalue weighted by Crippen LogP contribution is 2.25. The van der Waals surface area contributed by atoms with E-state index in [1.54, 1.807) is 0 Å². The molecule has 2 heterocycles. The molecule has 3 N–H and O–H groups in total. The van der Waals surface area contributed by atoms with Crippen molar-refractivity contribution in [2.75, 3.05) is 19.6 Å². The Morgan fingerprint density at radius 3 is 2.91 bits per heavy atom. The maximum atomic E-state index is 10.7. The van der Waals surface area contributed by atoms with Crippen molar-refractivity contribution in [1.29, 1.82) is 0 Å². The van der Waals surface area contributed by atoms with E-state index in [0.29, 0.717) is 11.8 Å². The van der Waals surface area contributed by atoms with Gasteiger partial charge in [0, 0.05) is 19.0 Å². The molecule has 0 amide bonds. The lowest BCUT2D eigenvalue weighted by atomic mass is 9.94. The fourth-order valence-corrected chi connectivity index (χ4v) is 2.07. The first-order valence-electron chi connectivity index (χ1n) is 3.96. The zero-order valence-corrected chi connectivity index (χ0v) is 6.21. The average molecular weight is 156 g/mol. The summed E-state index contributed by atoms with van der Waals surface area (Å²) >= 11 is 0. The summed E-state index contributed by atoms with van der Waals surface area (Å²) in [6.45, 7) is 2.69. The lowest BCUT2D eigenvalue weighted by molar-refractivity contribution is -0.140. The Balaban J connectivity index is 2.08. The van der Waals surface area contributed by atoms with Crippen molar-refractivity contribution in [3.8, 4) is 0 Å². The van der Waals surface area contributed by atoms with Gasteiger partial charge in [-0.05, 0) is 12.5 Å². The van der Waals surface area contributed by atoms with Crippen molar-refractivity contribution in [3.63, 3.8) is 0 Å². The minimum atomic E-state index is -0.707. The van der Waals surface area contributed by atoms with Gasteiger partial charge in [0.15, 0.2) is 0 Å². The van der Waals surface area contributed by atoms with E-state index < -0.39 is 5.97 Å². The molecule has 4 nitrogen and oxygen atoms in total. The van der Waals surface area contributed by atoms with Crippen LogP contribution < -0.4 is 10.6 Å². The summed E-state index contributed by atoms with van der Waals surface area (Å²) < 4.78 is 0. The molecule has 2 aliphatic rings. The molecule has 0 radical (unpaired) electrons. The number of carboxylic acid groups (broad SMARTS) is 1. The normalized spacial score (nSPS) is 42.4. The Bertz CT molecular complexity index is 183. The lowest BCUT2D eigenvalue weighted by Crippen LogP contribution is -2.37. The maximum Gasteiger partial charge on any atom is 0.321 e. The molecule has 0 bridgehead atoms. The minimum absolute atomic E-state index is 0.310. The molecule has 62 valence electrons. The molecule has 2 rings (SSSR count). The van der Waals surface area contributed by atoms with Crippen LogP contribution in [0.2, 0.25) is 0 Å². The topological polar surface area (TPSA) is 61.4 Å². The molecule has 0 aliphatic carbocycles. The molecule has 0 aromatic rings. The zero-order chi connectivity index (χ0) is 7.84. The molecule has 11 heavy (non-hydrogen) atoms. The first-order chi connectivity index (χ1) is 5.29. The molecule has 2 saturated heterocycles. The van der Waals surface area contributed by atoms with Crippen LogP contribution in [0, 0.1) is 11.8 Å². The van der Waals surface area contributed by atoms with Crippen LogP contribution in [0.4, 0.5) is 0 Å². The van der Waals surface area contributed by atoms with Crippen LogP contribution in [0.5, 0.6) is 0 Å². The minimum Gasteiger partial charge on any atom is -0.480 e. The highest BCUT2D eigenvalue weighted by molar-refractivity contribution is 5.74. The summed E-state index contributed by atoms with van der Waals surface area (Å²) in [6.07, 6.45) is 0. The first kappa shape index (κ1) is 7.06. The molecule has 0 aromatic heterocycles. The first-order valence-corrected chi connectivity index (χ1v) is 3.96. The molecule has 0 spiro atoms. The quantitative estimate of drug-likeness (QED) is 0.450. The number of rotatable bonds is 1. The molecule has 0 aromatic carbocycles. The number of carbonyl (C=O) groups is 1. The summed E-state index contributed by atoms with van der Waals surface area (Å²) in [5.41, 5.74) is 0. The summed E-state index contributed by atoms with van der Waals surface area (Å²) in [5.74, 6) is 0.143. The third-order valence-corrected chi connectivity index (χ3v) is 2.69. The SMILES string of the molecule is O=C(O)C1NCC2CNCC21. The molecule has 0 saturated carbocycles. The van der Waals surface area contributed by atoms with Gasteiger partial charge in [0.2, 0.25) is 0 Å². The van der Waals surface area contributed by atoms with E-state index in [4.69, 9.17) is 5.11 Å². The van der Waals surface area contributed by atoms with Gasteiger partial charge in [0.25, 0.3) is 0 Å². The van der Waals surface area contributed by atoms with E-state index >= 15 is 0 Å². The zero-order valence-electron chi connectivity index (χ0n) is 6.21. The Morgan fingerprint density at radius 2 is 2.18 bits per heavy atom. The largest absolute Gasteiger partial charge is 0.480 e. The Hall–Kier alpha value is -0.610. The fourth-order valence-electron chi connectivity index (χ4n) is 2.07. The smallest absolute Gasteiger partial charge is 0.321 e. The van der Waals surface area contributed by atoms with Crippen LogP contribution in [-0.2, 0) is 4.79 Å².